The number of hydrogen-bond donors (Lipinski definition) is 4. The number of nitrogens with two attached hydrogens (primary N) is 1. The zero-order valence-corrected chi connectivity index (χ0v) is 14.9. The highest BCUT2D eigenvalue weighted by Crippen LogP contribution is 2.28. The second-order valence-corrected chi connectivity index (χ2v) is 6.04. The number of hydrogen-bond acceptors (Lipinski definition) is 7. The summed E-state index contributed by atoms with van der Waals surface area (Å²) in [5.74, 6) is 4.64. The first-order valence-corrected chi connectivity index (χ1v) is 8.43. The Morgan fingerprint density at radius 1 is 1.38 bits per heavy atom. The number of carbonyl (C=O) groups is 2. The molecule has 0 bridgehead atoms. The van der Waals surface area contributed by atoms with Crippen LogP contribution in [-0.2, 0) is 11.3 Å². The molecule has 5 N–H and O–H groups in total. The Bertz CT molecular complexity index is 1170. The van der Waals surface area contributed by atoms with Crippen molar-refractivity contribution in [1.29, 1.82) is 5.41 Å². The summed E-state index contributed by atoms with van der Waals surface area (Å²) in [5, 5.41) is 24.0. The highest BCUT2D eigenvalue weighted by molar-refractivity contribution is 5.99. The van der Waals surface area contributed by atoms with Gasteiger partial charge in [0.15, 0.2) is 18.1 Å². The smallest absolute Gasteiger partial charge is 0.270 e. The predicted octanol–water partition coefficient (Wildman–Crippen LogP) is 0.641. The van der Waals surface area contributed by atoms with Gasteiger partial charge in [-0.2, -0.15) is 5.10 Å². The van der Waals surface area contributed by atoms with Crippen LogP contribution in [0.25, 0.3) is 5.65 Å². The number of nitrogens with one attached hydrogen (secondary N) is 3. The molecule has 0 unspecified atom stereocenters. The zero-order chi connectivity index (χ0) is 20.4. The number of amidine groups is 1. The van der Waals surface area contributed by atoms with Gasteiger partial charge in [-0.05, 0) is 23.8 Å². The van der Waals surface area contributed by atoms with Crippen molar-refractivity contribution < 1.29 is 14.3 Å². The summed E-state index contributed by atoms with van der Waals surface area (Å²) in [7, 11) is 0. The Kier molecular flexibility index (Phi) is 4.57. The van der Waals surface area contributed by atoms with Crippen LogP contribution in [0.15, 0.2) is 46.9 Å². The molecule has 0 radical (unpaired) electrons. The number of ether oxygens (including phenoxy) is 1. The summed E-state index contributed by atoms with van der Waals surface area (Å²) >= 11 is 0. The summed E-state index contributed by atoms with van der Waals surface area (Å²) in [4.78, 5) is 28.3. The summed E-state index contributed by atoms with van der Waals surface area (Å²) in [5.41, 5.74) is 1.98. The fraction of sp³-hybridized carbons (Fsp3) is 0.118. The van der Waals surface area contributed by atoms with Crippen molar-refractivity contribution in [2.75, 3.05) is 11.9 Å². The Morgan fingerprint density at radius 3 is 3.07 bits per heavy atom. The lowest BCUT2D eigenvalue weighted by Gasteiger charge is -2.18. The largest absolute Gasteiger partial charge is 0.482 e. The maximum Gasteiger partial charge on any atom is 0.270 e. The molecule has 12 nitrogen and oxygen atoms in total. The zero-order valence-electron chi connectivity index (χ0n) is 14.9. The highest BCUT2D eigenvalue weighted by atomic mass is 16.5. The summed E-state index contributed by atoms with van der Waals surface area (Å²) in [6.07, 6.45) is 1.49. The van der Waals surface area contributed by atoms with Gasteiger partial charge in [-0.25, -0.2) is 9.50 Å². The van der Waals surface area contributed by atoms with Crippen LogP contribution in [0.4, 0.5) is 5.69 Å². The molecule has 1 aliphatic rings. The monoisotopic (exact) mass is 393 g/mol. The van der Waals surface area contributed by atoms with E-state index in [4.69, 9.17) is 16.0 Å². The lowest BCUT2D eigenvalue weighted by atomic mass is 10.1. The Hall–Kier alpha value is -4.35. The number of carbonyl (C=O) groups excluding carboxylic acids is 2. The van der Waals surface area contributed by atoms with Gasteiger partial charge in [0.25, 0.3) is 11.8 Å². The minimum atomic E-state index is -0.453. The third-order valence-electron chi connectivity index (χ3n) is 4.12. The first-order valence-electron chi connectivity index (χ1n) is 8.43. The van der Waals surface area contributed by atoms with E-state index in [9.17, 15) is 9.59 Å². The van der Waals surface area contributed by atoms with Crippen molar-refractivity contribution in [2.24, 2.45) is 16.2 Å². The van der Waals surface area contributed by atoms with Gasteiger partial charge in [-0.1, -0.05) is 11.3 Å². The van der Waals surface area contributed by atoms with Crippen molar-refractivity contribution in [3.05, 3.63) is 53.5 Å². The first-order chi connectivity index (χ1) is 14.0. The molecule has 2 aromatic heterocycles. The van der Waals surface area contributed by atoms with E-state index in [2.05, 4.69) is 31.1 Å². The van der Waals surface area contributed by atoms with E-state index >= 15 is 0 Å². The molecule has 0 aliphatic carbocycles. The molecular weight excluding hydrogens is 378 g/mol. The number of anilines is 1. The van der Waals surface area contributed by atoms with Gasteiger partial charge in [0.1, 0.15) is 17.1 Å². The van der Waals surface area contributed by atoms with Gasteiger partial charge in [-0.3, -0.25) is 15.0 Å². The molecule has 12 heteroatoms. The lowest BCUT2D eigenvalue weighted by molar-refractivity contribution is -0.118. The molecule has 3 aromatic rings. The quantitative estimate of drug-likeness (QED) is 0.166. The minimum Gasteiger partial charge on any atom is -0.482 e. The van der Waals surface area contributed by atoms with E-state index in [1.54, 1.807) is 24.3 Å². The second-order valence-electron chi connectivity index (χ2n) is 6.04. The summed E-state index contributed by atoms with van der Waals surface area (Å²) < 4.78 is 6.67. The number of fused-ring (bicyclic) bond motifs is 2. The standard InChI is InChI=1S/C17H15N9O3/c18-16(24-25-19)12-6-11(22-14-3-4-21-26(12)14)17(28)20-7-9-1-2-13-10(5-9)23-15(27)8-29-13/h1-6H,7-8H2,(H,20,28)(H,23,27)(H3,18,19,24). The first kappa shape index (κ1) is 18.0. The maximum absolute atomic E-state index is 12.6. The number of rotatable bonds is 4. The van der Waals surface area contributed by atoms with E-state index in [-0.39, 0.29) is 36.3 Å². The SMILES string of the molecule is N=C(N=NN)c1cc(C(=O)NCc2ccc3c(c2)NC(=O)CO3)nc2ccnn12. The average Bonchev–Trinajstić information content (AvgIpc) is 3.19. The van der Waals surface area contributed by atoms with Crippen LogP contribution in [0.3, 0.4) is 0 Å². The average molecular weight is 393 g/mol. The lowest BCUT2D eigenvalue weighted by Crippen LogP contribution is -2.27. The van der Waals surface area contributed by atoms with Crippen LogP contribution in [0.2, 0.25) is 0 Å². The number of nitrogens with zero attached hydrogens (tertiary/aromatic N) is 5. The molecule has 0 saturated carbocycles. The van der Waals surface area contributed by atoms with E-state index < -0.39 is 5.91 Å². The van der Waals surface area contributed by atoms with Gasteiger partial charge in [0, 0.05) is 12.6 Å². The van der Waals surface area contributed by atoms with Crippen LogP contribution in [0, 0.1) is 5.41 Å². The van der Waals surface area contributed by atoms with Crippen LogP contribution < -0.4 is 21.2 Å². The molecule has 146 valence electrons. The van der Waals surface area contributed by atoms with Gasteiger partial charge < -0.3 is 21.2 Å². The van der Waals surface area contributed by atoms with Gasteiger partial charge in [0.05, 0.1) is 11.9 Å². The Morgan fingerprint density at radius 2 is 2.24 bits per heavy atom. The second kappa shape index (κ2) is 7.34. The molecule has 29 heavy (non-hydrogen) atoms. The van der Waals surface area contributed by atoms with Crippen LogP contribution in [-0.4, -0.2) is 38.9 Å². The Labute approximate surface area is 163 Å². The van der Waals surface area contributed by atoms with Gasteiger partial charge >= 0.3 is 0 Å². The topological polar surface area (TPSA) is 172 Å². The Balaban J connectivity index is 1.54. The summed E-state index contributed by atoms with van der Waals surface area (Å²) in [6.45, 7) is 0.177. The third-order valence-corrected chi connectivity index (χ3v) is 4.12. The number of amides is 2. The fourth-order valence-corrected chi connectivity index (χ4v) is 2.82. The van der Waals surface area contributed by atoms with Crippen LogP contribution >= 0.6 is 0 Å². The number of benzene rings is 1. The molecule has 1 aromatic carbocycles. The molecule has 1 aliphatic heterocycles. The van der Waals surface area contributed by atoms with Crippen LogP contribution in [0.5, 0.6) is 5.75 Å². The van der Waals surface area contributed by atoms with Crippen molar-refractivity contribution >= 4 is 29.0 Å². The predicted molar refractivity (Wildman–Crippen MR) is 101 cm³/mol. The van der Waals surface area contributed by atoms with Crippen LogP contribution in [0.1, 0.15) is 21.7 Å². The van der Waals surface area contributed by atoms with Gasteiger partial charge in [0.2, 0.25) is 0 Å². The molecule has 2 amide bonds. The molecule has 4 rings (SSSR count). The fourth-order valence-electron chi connectivity index (χ4n) is 2.82. The molecule has 0 spiro atoms. The molecular formula is C17H15N9O3. The minimum absolute atomic E-state index is 0.0209. The normalized spacial score (nSPS) is 13.0. The molecule has 0 atom stereocenters. The highest BCUT2D eigenvalue weighted by Gasteiger charge is 2.18. The third kappa shape index (κ3) is 3.58. The number of aromatic nitrogens is 3. The van der Waals surface area contributed by atoms with E-state index in [0.717, 1.165) is 5.56 Å². The van der Waals surface area contributed by atoms with Gasteiger partial charge in [-0.15, -0.1) is 5.11 Å². The summed E-state index contributed by atoms with van der Waals surface area (Å²) in [6, 6.07) is 8.21. The molecule has 0 fully saturated rings. The van der Waals surface area contributed by atoms with Crippen molar-refractivity contribution in [2.45, 2.75) is 6.54 Å². The van der Waals surface area contributed by atoms with Crippen molar-refractivity contribution in [3.63, 3.8) is 0 Å². The molecule has 3 heterocycles. The van der Waals surface area contributed by atoms with Crippen molar-refractivity contribution in [3.8, 4) is 5.75 Å². The van der Waals surface area contributed by atoms with E-state index in [0.29, 0.717) is 17.1 Å². The van der Waals surface area contributed by atoms with E-state index in [1.165, 1.54) is 16.8 Å². The maximum atomic E-state index is 12.6. The molecule has 0 saturated heterocycles. The van der Waals surface area contributed by atoms with E-state index in [1.807, 2.05) is 0 Å². The van der Waals surface area contributed by atoms with Crippen molar-refractivity contribution in [1.82, 2.24) is 19.9 Å².